The number of nitro benzene ring substituents is 1. The smallest absolute Gasteiger partial charge is 0.270 e. The maximum absolute atomic E-state index is 12.4. The highest BCUT2D eigenvalue weighted by atomic mass is 35.5. The van der Waals surface area contributed by atoms with Crippen LogP contribution in [-0.2, 0) is 4.79 Å². The Bertz CT molecular complexity index is 975. The summed E-state index contributed by atoms with van der Waals surface area (Å²) < 4.78 is 0. The fraction of sp³-hybridized carbons (Fsp3) is 0.167. The SMILES string of the molecule is C[C@H](NC(=O)CN1C(=O)c2ccc([N+](=O)[O-])cc2C1=O)c1ccccc1Cl. The van der Waals surface area contributed by atoms with E-state index in [0.29, 0.717) is 10.6 Å². The van der Waals surface area contributed by atoms with Crippen LogP contribution in [0.5, 0.6) is 0 Å². The van der Waals surface area contributed by atoms with Gasteiger partial charge in [-0.2, -0.15) is 0 Å². The van der Waals surface area contributed by atoms with Crippen LogP contribution in [0.2, 0.25) is 5.02 Å². The van der Waals surface area contributed by atoms with Crippen molar-refractivity contribution >= 4 is 35.0 Å². The third kappa shape index (κ3) is 3.52. The lowest BCUT2D eigenvalue weighted by Crippen LogP contribution is -2.41. The molecule has 1 N–H and O–H groups in total. The zero-order chi connectivity index (χ0) is 19.7. The molecular weight excluding hydrogens is 374 g/mol. The number of rotatable bonds is 5. The second-order valence-corrected chi connectivity index (χ2v) is 6.40. The van der Waals surface area contributed by atoms with Crippen LogP contribution in [0.15, 0.2) is 42.5 Å². The summed E-state index contributed by atoms with van der Waals surface area (Å²) in [6.45, 7) is 1.24. The van der Waals surface area contributed by atoms with E-state index in [1.54, 1.807) is 31.2 Å². The van der Waals surface area contributed by atoms with Crippen molar-refractivity contribution in [3.8, 4) is 0 Å². The normalized spacial score (nSPS) is 14.1. The molecule has 3 rings (SSSR count). The summed E-state index contributed by atoms with van der Waals surface area (Å²) in [5.74, 6) is -1.95. The average Bonchev–Trinajstić information content (AvgIpc) is 2.86. The van der Waals surface area contributed by atoms with Crippen LogP contribution >= 0.6 is 11.6 Å². The van der Waals surface area contributed by atoms with Gasteiger partial charge >= 0.3 is 0 Å². The Hall–Kier alpha value is -3.26. The minimum Gasteiger partial charge on any atom is -0.348 e. The summed E-state index contributed by atoms with van der Waals surface area (Å²) in [6.07, 6.45) is 0. The number of halogens is 1. The zero-order valence-electron chi connectivity index (χ0n) is 14.1. The quantitative estimate of drug-likeness (QED) is 0.482. The molecule has 0 bridgehead atoms. The van der Waals surface area contributed by atoms with Crippen molar-refractivity contribution in [1.29, 1.82) is 0 Å². The second kappa shape index (κ2) is 7.16. The third-order valence-electron chi connectivity index (χ3n) is 4.22. The van der Waals surface area contributed by atoms with Gasteiger partial charge in [-0.25, -0.2) is 0 Å². The molecule has 0 saturated heterocycles. The van der Waals surface area contributed by atoms with Gasteiger partial charge in [-0.05, 0) is 24.6 Å². The molecule has 0 unspecified atom stereocenters. The largest absolute Gasteiger partial charge is 0.348 e. The van der Waals surface area contributed by atoms with Crippen LogP contribution in [0.3, 0.4) is 0 Å². The van der Waals surface area contributed by atoms with Crippen molar-refractivity contribution < 1.29 is 19.3 Å². The van der Waals surface area contributed by atoms with E-state index in [1.807, 2.05) is 0 Å². The van der Waals surface area contributed by atoms with E-state index in [9.17, 15) is 24.5 Å². The summed E-state index contributed by atoms with van der Waals surface area (Å²) in [4.78, 5) is 48.0. The maximum atomic E-state index is 12.4. The van der Waals surface area contributed by atoms with E-state index in [2.05, 4.69) is 5.32 Å². The Morgan fingerprint density at radius 2 is 1.85 bits per heavy atom. The molecular formula is C18H14ClN3O5. The molecule has 8 nitrogen and oxygen atoms in total. The molecule has 0 fully saturated rings. The van der Waals surface area contributed by atoms with Gasteiger partial charge in [-0.1, -0.05) is 29.8 Å². The number of nitro groups is 1. The number of benzene rings is 2. The molecule has 2 aromatic rings. The van der Waals surface area contributed by atoms with Crippen LogP contribution in [0, 0.1) is 10.1 Å². The zero-order valence-corrected chi connectivity index (χ0v) is 14.9. The first-order valence-electron chi connectivity index (χ1n) is 7.98. The van der Waals surface area contributed by atoms with Crippen molar-refractivity contribution in [3.05, 3.63) is 74.3 Å². The topological polar surface area (TPSA) is 110 Å². The molecule has 27 heavy (non-hydrogen) atoms. The minimum absolute atomic E-state index is 0.0394. The van der Waals surface area contributed by atoms with Gasteiger partial charge in [0.1, 0.15) is 6.54 Å². The van der Waals surface area contributed by atoms with Crippen molar-refractivity contribution in [2.75, 3.05) is 6.54 Å². The number of imide groups is 1. The lowest BCUT2D eigenvalue weighted by molar-refractivity contribution is -0.384. The Balaban J connectivity index is 1.73. The lowest BCUT2D eigenvalue weighted by atomic mass is 10.1. The average molecular weight is 388 g/mol. The summed E-state index contributed by atoms with van der Waals surface area (Å²) >= 11 is 6.10. The molecule has 0 spiro atoms. The first-order valence-corrected chi connectivity index (χ1v) is 8.36. The first kappa shape index (κ1) is 18.5. The second-order valence-electron chi connectivity index (χ2n) is 5.99. The molecule has 1 aliphatic rings. The lowest BCUT2D eigenvalue weighted by Gasteiger charge is -2.18. The fourth-order valence-electron chi connectivity index (χ4n) is 2.87. The van der Waals surface area contributed by atoms with Gasteiger partial charge in [0.25, 0.3) is 17.5 Å². The standard InChI is InChI=1S/C18H14ClN3O5/c1-10(12-4-2-3-5-15(12)19)20-16(23)9-21-17(24)13-7-6-11(22(26)27)8-14(13)18(21)25/h2-8,10H,9H2,1H3,(H,20,23)/t10-/m0/s1. The summed E-state index contributed by atoms with van der Waals surface area (Å²) in [5, 5.41) is 14.0. The van der Waals surface area contributed by atoms with Crippen LogP contribution in [-0.4, -0.2) is 34.1 Å². The molecule has 138 valence electrons. The maximum Gasteiger partial charge on any atom is 0.270 e. The highest BCUT2D eigenvalue weighted by Gasteiger charge is 2.38. The monoisotopic (exact) mass is 387 g/mol. The Kier molecular flexibility index (Phi) is 4.91. The fourth-order valence-corrected chi connectivity index (χ4v) is 3.17. The van der Waals surface area contributed by atoms with Gasteiger partial charge in [0.2, 0.25) is 5.91 Å². The van der Waals surface area contributed by atoms with Gasteiger partial charge in [-0.3, -0.25) is 29.4 Å². The van der Waals surface area contributed by atoms with Gasteiger partial charge < -0.3 is 5.32 Å². The number of fused-ring (bicyclic) bond motifs is 1. The highest BCUT2D eigenvalue weighted by Crippen LogP contribution is 2.27. The number of carbonyl (C=O) groups excluding carboxylic acids is 3. The Morgan fingerprint density at radius 3 is 2.52 bits per heavy atom. The Labute approximate surface area is 158 Å². The number of hydrogen-bond donors (Lipinski definition) is 1. The number of amides is 3. The number of non-ortho nitro benzene ring substituents is 1. The highest BCUT2D eigenvalue weighted by molar-refractivity contribution is 6.31. The van der Waals surface area contributed by atoms with E-state index in [1.165, 1.54) is 6.07 Å². The molecule has 1 atom stereocenters. The summed E-state index contributed by atoms with van der Waals surface area (Å²) in [5.41, 5.74) is 0.359. The van der Waals surface area contributed by atoms with Crippen LogP contribution in [0.4, 0.5) is 5.69 Å². The summed E-state index contributed by atoms with van der Waals surface area (Å²) in [6, 6.07) is 9.97. The third-order valence-corrected chi connectivity index (χ3v) is 4.56. The molecule has 0 aliphatic carbocycles. The van der Waals surface area contributed by atoms with Crippen LogP contribution in [0.25, 0.3) is 0 Å². The number of carbonyl (C=O) groups is 3. The molecule has 0 saturated carbocycles. The molecule has 0 radical (unpaired) electrons. The van der Waals surface area contributed by atoms with E-state index in [4.69, 9.17) is 11.6 Å². The summed E-state index contributed by atoms with van der Waals surface area (Å²) in [7, 11) is 0. The molecule has 1 aliphatic heterocycles. The predicted octanol–water partition coefficient (Wildman–Crippen LogP) is 2.72. The Morgan fingerprint density at radius 1 is 1.19 bits per heavy atom. The van der Waals surface area contributed by atoms with E-state index < -0.39 is 35.2 Å². The van der Waals surface area contributed by atoms with Crippen molar-refractivity contribution in [1.82, 2.24) is 10.2 Å². The van der Waals surface area contributed by atoms with Gasteiger partial charge in [0, 0.05) is 17.2 Å². The van der Waals surface area contributed by atoms with E-state index >= 15 is 0 Å². The molecule has 9 heteroatoms. The van der Waals surface area contributed by atoms with Gasteiger partial charge in [0.15, 0.2) is 0 Å². The first-order chi connectivity index (χ1) is 12.8. The number of nitrogens with one attached hydrogen (secondary N) is 1. The molecule has 2 aromatic carbocycles. The van der Waals surface area contributed by atoms with Crippen molar-refractivity contribution in [2.24, 2.45) is 0 Å². The van der Waals surface area contributed by atoms with E-state index in [-0.39, 0.29) is 16.8 Å². The minimum atomic E-state index is -0.737. The molecule has 1 heterocycles. The number of hydrogen-bond acceptors (Lipinski definition) is 5. The van der Waals surface area contributed by atoms with Gasteiger partial charge in [-0.15, -0.1) is 0 Å². The van der Waals surface area contributed by atoms with Crippen molar-refractivity contribution in [2.45, 2.75) is 13.0 Å². The van der Waals surface area contributed by atoms with Crippen LogP contribution in [0.1, 0.15) is 39.2 Å². The molecule has 0 aromatic heterocycles. The van der Waals surface area contributed by atoms with Crippen molar-refractivity contribution in [3.63, 3.8) is 0 Å². The van der Waals surface area contributed by atoms with E-state index in [0.717, 1.165) is 17.0 Å². The predicted molar refractivity (Wildman–Crippen MR) is 96.5 cm³/mol. The van der Waals surface area contributed by atoms with Crippen LogP contribution < -0.4 is 5.32 Å². The van der Waals surface area contributed by atoms with Gasteiger partial charge in [0.05, 0.1) is 22.1 Å². The number of nitrogens with zero attached hydrogens (tertiary/aromatic N) is 2. The molecule has 3 amide bonds.